The molecule has 178 valence electrons. The minimum atomic E-state index is -0.336. The van der Waals surface area contributed by atoms with Crippen molar-refractivity contribution in [2.75, 3.05) is 20.2 Å². The third-order valence-electron chi connectivity index (χ3n) is 5.99. The number of methoxy groups -OCH3 is 1. The van der Waals surface area contributed by atoms with Gasteiger partial charge in [-0.2, -0.15) is 5.10 Å². The van der Waals surface area contributed by atoms with E-state index in [9.17, 15) is 14.0 Å². The number of rotatable bonds is 6. The van der Waals surface area contributed by atoms with Crippen LogP contribution in [-0.4, -0.2) is 52.1 Å². The Morgan fingerprint density at radius 3 is 2.74 bits per heavy atom. The molecule has 1 aliphatic heterocycles. The maximum atomic E-state index is 13.5. The van der Waals surface area contributed by atoms with Crippen LogP contribution in [0.4, 0.5) is 4.39 Å². The molecule has 1 aliphatic rings. The number of benzene rings is 1. The third-order valence-corrected chi connectivity index (χ3v) is 6.29. The number of pyridine rings is 1. The van der Waals surface area contributed by atoms with Crippen molar-refractivity contribution < 1.29 is 18.7 Å². The summed E-state index contributed by atoms with van der Waals surface area (Å²) in [5.41, 5.74) is 2.18. The molecule has 1 aromatic carbocycles. The largest absolute Gasteiger partial charge is 0.481 e. The van der Waals surface area contributed by atoms with Crippen LogP contribution in [0, 0.1) is 11.7 Å². The summed E-state index contributed by atoms with van der Waals surface area (Å²) in [7, 11) is 1.51. The molecule has 0 saturated carbocycles. The highest BCUT2D eigenvalue weighted by Crippen LogP contribution is 2.29. The maximum Gasteiger partial charge on any atom is 0.274 e. The van der Waals surface area contributed by atoms with Gasteiger partial charge in [0.15, 0.2) is 5.69 Å². The normalized spacial score (nSPS) is 15.1. The summed E-state index contributed by atoms with van der Waals surface area (Å²) in [6.45, 7) is 2.71. The van der Waals surface area contributed by atoms with Crippen LogP contribution in [0.3, 0.4) is 0 Å². The van der Waals surface area contributed by atoms with Gasteiger partial charge in [-0.05, 0) is 43.5 Å². The van der Waals surface area contributed by atoms with Crippen LogP contribution in [-0.2, 0) is 4.79 Å². The van der Waals surface area contributed by atoms with Crippen molar-refractivity contribution in [3.8, 4) is 17.1 Å². The van der Waals surface area contributed by atoms with Gasteiger partial charge in [-0.3, -0.25) is 14.7 Å². The van der Waals surface area contributed by atoms with Crippen molar-refractivity contribution in [2.24, 2.45) is 5.92 Å². The zero-order chi connectivity index (χ0) is 24.2. The van der Waals surface area contributed by atoms with Gasteiger partial charge in [-0.15, -0.1) is 0 Å². The van der Waals surface area contributed by atoms with Gasteiger partial charge in [0.1, 0.15) is 5.82 Å². The zero-order valence-electron chi connectivity index (χ0n) is 18.8. The molecule has 2 amide bonds. The predicted molar refractivity (Wildman–Crippen MR) is 125 cm³/mol. The van der Waals surface area contributed by atoms with Crippen LogP contribution in [0.25, 0.3) is 11.3 Å². The SMILES string of the molecule is COc1cc(-c2cc(C(=O)N3CCC(C(=O)N[C@H](C)c4cccc(F)c4)CC3)n[nH]2)c(Cl)cn1. The van der Waals surface area contributed by atoms with E-state index in [1.54, 1.807) is 29.2 Å². The maximum absolute atomic E-state index is 13.5. The summed E-state index contributed by atoms with van der Waals surface area (Å²) in [6, 6.07) is 9.19. The van der Waals surface area contributed by atoms with E-state index in [-0.39, 0.29) is 35.3 Å². The molecule has 34 heavy (non-hydrogen) atoms. The third kappa shape index (κ3) is 5.20. The summed E-state index contributed by atoms with van der Waals surface area (Å²) < 4.78 is 18.6. The first kappa shape index (κ1) is 23.7. The lowest BCUT2D eigenvalue weighted by Crippen LogP contribution is -2.43. The molecule has 3 aromatic rings. The number of halogens is 2. The summed E-state index contributed by atoms with van der Waals surface area (Å²) >= 11 is 6.24. The van der Waals surface area contributed by atoms with Gasteiger partial charge in [0.05, 0.1) is 30.1 Å². The topological polar surface area (TPSA) is 100 Å². The quantitative estimate of drug-likeness (QED) is 0.549. The first-order chi connectivity index (χ1) is 16.4. The second-order valence-electron chi connectivity index (χ2n) is 8.23. The Morgan fingerprint density at radius 2 is 2.03 bits per heavy atom. The van der Waals surface area contributed by atoms with Crippen LogP contribution < -0.4 is 10.1 Å². The van der Waals surface area contributed by atoms with Gasteiger partial charge in [0.2, 0.25) is 11.8 Å². The van der Waals surface area contributed by atoms with Crippen molar-refractivity contribution in [1.82, 2.24) is 25.4 Å². The Balaban J connectivity index is 1.35. The molecule has 2 aromatic heterocycles. The molecule has 3 heterocycles. The van der Waals surface area contributed by atoms with E-state index in [4.69, 9.17) is 16.3 Å². The molecule has 1 fully saturated rings. The molecule has 0 unspecified atom stereocenters. The Bertz CT molecular complexity index is 1190. The van der Waals surface area contributed by atoms with Crippen molar-refractivity contribution in [1.29, 1.82) is 0 Å². The van der Waals surface area contributed by atoms with E-state index in [0.717, 1.165) is 0 Å². The number of hydrogen-bond acceptors (Lipinski definition) is 5. The van der Waals surface area contributed by atoms with Crippen LogP contribution in [0.5, 0.6) is 5.88 Å². The molecule has 10 heteroatoms. The van der Waals surface area contributed by atoms with Crippen molar-refractivity contribution >= 4 is 23.4 Å². The fourth-order valence-electron chi connectivity index (χ4n) is 4.00. The zero-order valence-corrected chi connectivity index (χ0v) is 19.6. The number of amides is 2. The average molecular weight is 486 g/mol. The molecular weight excluding hydrogens is 461 g/mol. The van der Waals surface area contributed by atoms with Crippen LogP contribution in [0.15, 0.2) is 42.6 Å². The van der Waals surface area contributed by atoms with E-state index in [2.05, 4.69) is 20.5 Å². The molecule has 1 saturated heterocycles. The molecule has 2 N–H and O–H groups in total. The molecule has 0 aliphatic carbocycles. The highest BCUT2D eigenvalue weighted by Gasteiger charge is 2.29. The highest BCUT2D eigenvalue weighted by molar-refractivity contribution is 6.33. The highest BCUT2D eigenvalue weighted by atomic mass is 35.5. The molecular formula is C24H25ClFN5O3. The number of piperidine rings is 1. The summed E-state index contributed by atoms with van der Waals surface area (Å²) in [4.78, 5) is 31.4. The minimum Gasteiger partial charge on any atom is -0.481 e. The van der Waals surface area contributed by atoms with E-state index in [0.29, 0.717) is 53.7 Å². The van der Waals surface area contributed by atoms with E-state index >= 15 is 0 Å². The predicted octanol–water partition coefficient (Wildman–Crippen LogP) is 4.00. The van der Waals surface area contributed by atoms with Gasteiger partial charge in [-0.1, -0.05) is 23.7 Å². The second-order valence-corrected chi connectivity index (χ2v) is 8.63. The number of ether oxygens (including phenoxy) is 1. The van der Waals surface area contributed by atoms with Gasteiger partial charge in [0, 0.05) is 30.6 Å². The lowest BCUT2D eigenvalue weighted by atomic mass is 9.95. The van der Waals surface area contributed by atoms with Crippen LogP contribution in [0.2, 0.25) is 5.02 Å². The number of H-pyrrole nitrogens is 1. The van der Waals surface area contributed by atoms with E-state index < -0.39 is 0 Å². The lowest BCUT2D eigenvalue weighted by molar-refractivity contribution is -0.127. The molecule has 0 radical (unpaired) electrons. The molecule has 0 bridgehead atoms. The summed E-state index contributed by atoms with van der Waals surface area (Å²) in [5, 5.41) is 10.4. The van der Waals surface area contributed by atoms with Crippen molar-refractivity contribution in [3.63, 3.8) is 0 Å². The number of aromatic nitrogens is 3. The number of aromatic amines is 1. The van der Waals surface area contributed by atoms with Gasteiger partial charge >= 0.3 is 0 Å². The molecule has 4 rings (SSSR count). The van der Waals surface area contributed by atoms with Gasteiger partial charge in [0.25, 0.3) is 5.91 Å². The van der Waals surface area contributed by atoms with E-state index in [1.165, 1.54) is 25.4 Å². The monoisotopic (exact) mass is 485 g/mol. The fraction of sp³-hybridized carbons (Fsp3) is 0.333. The molecule has 8 nitrogen and oxygen atoms in total. The van der Waals surface area contributed by atoms with Gasteiger partial charge < -0.3 is 15.0 Å². The Kier molecular flexibility index (Phi) is 7.12. The summed E-state index contributed by atoms with van der Waals surface area (Å²) in [5.74, 6) is -0.456. The van der Waals surface area contributed by atoms with E-state index in [1.807, 2.05) is 6.92 Å². The minimum absolute atomic E-state index is 0.0906. The van der Waals surface area contributed by atoms with Gasteiger partial charge in [-0.25, -0.2) is 9.37 Å². The summed E-state index contributed by atoms with van der Waals surface area (Å²) in [6.07, 6.45) is 2.55. The number of carbonyl (C=O) groups excluding carboxylic acids is 2. The Hall–Kier alpha value is -3.46. The number of nitrogens with one attached hydrogen (secondary N) is 2. The first-order valence-electron chi connectivity index (χ1n) is 11.0. The molecule has 0 spiro atoms. The number of hydrogen-bond donors (Lipinski definition) is 2. The Morgan fingerprint density at radius 1 is 1.26 bits per heavy atom. The van der Waals surface area contributed by atoms with Crippen LogP contribution in [0.1, 0.15) is 41.9 Å². The number of nitrogens with zero attached hydrogens (tertiary/aromatic N) is 3. The standard InChI is InChI=1S/C24H25ClFN5O3/c1-14(16-4-3-5-17(26)10-16)28-23(32)15-6-8-31(9-7-15)24(33)21-12-20(29-30-21)18-11-22(34-2)27-13-19(18)25/h3-5,10-15H,6-9H2,1-2H3,(H,28,32)(H,29,30)/t14-/m1/s1. The Labute approximate surface area is 201 Å². The van der Waals surface area contributed by atoms with Crippen molar-refractivity contribution in [2.45, 2.75) is 25.8 Å². The number of likely N-dealkylation sites (tertiary alicyclic amines) is 1. The first-order valence-corrected chi connectivity index (χ1v) is 11.3. The van der Waals surface area contributed by atoms with Crippen LogP contribution >= 0.6 is 11.6 Å². The number of carbonyl (C=O) groups is 2. The fourth-order valence-corrected chi connectivity index (χ4v) is 4.21. The molecule has 1 atom stereocenters. The van der Waals surface area contributed by atoms with Crippen molar-refractivity contribution in [3.05, 3.63) is 64.7 Å². The average Bonchev–Trinajstić information content (AvgIpc) is 3.34. The lowest BCUT2D eigenvalue weighted by Gasteiger charge is -2.31. The second kappa shape index (κ2) is 10.2. The smallest absolute Gasteiger partial charge is 0.274 e.